The van der Waals surface area contributed by atoms with Crippen molar-refractivity contribution in [1.82, 2.24) is 15.5 Å². The molecule has 0 spiro atoms. The van der Waals surface area contributed by atoms with Gasteiger partial charge in [0.05, 0.1) is 20.8 Å². The number of rotatable bonds is 9. The van der Waals surface area contributed by atoms with E-state index in [0.29, 0.717) is 36.2 Å². The van der Waals surface area contributed by atoms with Gasteiger partial charge in [0.2, 0.25) is 17.6 Å². The first kappa shape index (κ1) is 18.7. The minimum absolute atomic E-state index is 0.0393. The molecule has 1 atom stereocenters. The normalized spacial score (nSPS) is 11.8. The molecule has 1 aromatic heterocycles. The van der Waals surface area contributed by atoms with E-state index in [-0.39, 0.29) is 18.4 Å². The number of carbonyl (C=O) groups is 1. The summed E-state index contributed by atoms with van der Waals surface area (Å²) < 4.78 is 20.7. The Labute approximate surface area is 146 Å². The van der Waals surface area contributed by atoms with Crippen molar-refractivity contribution in [1.29, 1.82) is 0 Å². The average molecular weight is 349 g/mol. The monoisotopic (exact) mass is 349 g/mol. The molecule has 0 saturated heterocycles. The highest BCUT2D eigenvalue weighted by Crippen LogP contribution is 2.31. The van der Waals surface area contributed by atoms with Crippen LogP contribution in [0.25, 0.3) is 11.4 Å². The van der Waals surface area contributed by atoms with E-state index in [4.69, 9.17) is 18.7 Å². The molecule has 0 fully saturated rings. The van der Waals surface area contributed by atoms with Crippen molar-refractivity contribution in [3.63, 3.8) is 0 Å². The van der Waals surface area contributed by atoms with Gasteiger partial charge in [-0.25, -0.2) is 0 Å². The molecule has 1 amide bonds. The molecule has 0 aliphatic rings. The second-order valence-electron chi connectivity index (χ2n) is 5.51. The summed E-state index contributed by atoms with van der Waals surface area (Å²) in [4.78, 5) is 16.2. The fraction of sp³-hybridized carbons (Fsp3) is 0.471. The van der Waals surface area contributed by atoms with Gasteiger partial charge in [0.15, 0.2) is 11.5 Å². The third kappa shape index (κ3) is 5.18. The maximum Gasteiger partial charge on any atom is 0.227 e. The van der Waals surface area contributed by atoms with E-state index in [1.165, 1.54) is 0 Å². The number of aryl methyl sites for hydroxylation is 1. The van der Waals surface area contributed by atoms with Crippen molar-refractivity contribution in [2.45, 2.75) is 25.8 Å². The Hall–Kier alpha value is -2.61. The van der Waals surface area contributed by atoms with Crippen molar-refractivity contribution in [2.75, 3.05) is 27.9 Å². The quantitative estimate of drug-likeness (QED) is 0.738. The highest BCUT2D eigenvalue weighted by atomic mass is 16.5. The summed E-state index contributed by atoms with van der Waals surface area (Å²) in [5.74, 6) is 1.95. The number of ether oxygens (including phenoxy) is 3. The second kappa shape index (κ2) is 9.03. The molecule has 8 nitrogen and oxygen atoms in total. The molecule has 0 bridgehead atoms. The third-order valence-electron chi connectivity index (χ3n) is 3.50. The molecule has 1 N–H and O–H groups in total. The SMILES string of the molecule is COC[C@H](C)NC(=O)CCc1nc(-c2ccc(OC)c(OC)c2)no1. The van der Waals surface area contributed by atoms with Crippen molar-refractivity contribution < 1.29 is 23.5 Å². The molecule has 2 rings (SSSR count). The molecule has 25 heavy (non-hydrogen) atoms. The standard InChI is InChI=1S/C17H23N3O5/c1-11(10-22-2)18-15(21)7-8-16-19-17(20-25-16)12-5-6-13(23-3)14(9-12)24-4/h5-6,9,11H,7-8,10H2,1-4H3,(H,18,21)/t11-/m0/s1. The lowest BCUT2D eigenvalue weighted by molar-refractivity contribution is -0.122. The van der Waals surface area contributed by atoms with E-state index < -0.39 is 0 Å². The number of methoxy groups -OCH3 is 3. The van der Waals surface area contributed by atoms with Crippen LogP contribution in [0.1, 0.15) is 19.2 Å². The van der Waals surface area contributed by atoms with Crippen molar-refractivity contribution >= 4 is 5.91 Å². The minimum atomic E-state index is -0.0876. The van der Waals surface area contributed by atoms with Gasteiger partial charge >= 0.3 is 0 Å². The Bertz CT molecular complexity index is 701. The van der Waals surface area contributed by atoms with E-state index >= 15 is 0 Å². The summed E-state index contributed by atoms with van der Waals surface area (Å²) in [5, 5.41) is 6.78. The summed E-state index contributed by atoms with van der Waals surface area (Å²) in [6.45, 7) is 2.35. The van der Waals surface area contributed by atoms with Gasteiger partial charge in [-0.15, -0.1) is 0 Å². The minimum Gasteiger partial charge on any atom is -0.493 e. The number of carbonyl (C=O) groups excluding carboxylic acids is 1. The number of hydrogen-bond donors (Lipinski definition) is 1. The summed E-state index contributed by atoms with van der Waals surface area (Å²) >= 11 is 0. The number of nitrogens with one attached hydrogen (secondary N) is 1. The first-order chi connectivity index (χ1) is 12.1. The van der Waals surface area contributed by atoms with Gasteiger partial charge in [0.25, 0.3) is 0 Å². The van der Waals surface area contributed by atoms with E-state index in [0.717, 1.165) is 5.56 Å². The maximum absolute atomic E-state index is 11.8. The van der Waals surface area contributed by atoms with Gasteiger partial charge in [0, 0.05) is 31.6 Å². The summed E-state index contributed by atoms with van der Waals surface area (Å²) in [7, 11) is 4.73. The molecular formula is C17H23N3O5. The van der Waals surface area contributed by atoms with Gasteiger partial charge in [-0.2, -0.15) is 4.98 Å². The smallest absolute Gasteiger partial charge is 0.227 e. The van der Waals surface area contributed by atoms with E-state index in [9.17, 15) is 4.79 Å². The number of aromatic nitrogens is 2. The van der Waals surface area contributed by atoms with Crippen LogP contribution in [0.4, 0.5) is 0 Å². The molecule has 1 aromatic carbocycles. The van der Waals surface area contributed by atoms with Crippen LogP contribution >= 0.6 is 0 Å². The Morgan fingerprint density at radius 3 is 2.68 bits per heavy atom. The van der Waals surface area contributed by atoms with E-state index in [2.05, 4.69) is 15.5 Å². The van der Waals surface area contributed by atoms with Gasteiger partial charge in [-0.3, -0.25) is 4.79 Å². The first-order valence-corrected chi connectivity index (χ1v) is 7.90. The van der Waals surface area contributed by atoms with Crippen LogP contribution in [0.2, 0.25) is 0 Å². The zero-order chi connectivity index (χ0) is 18.2. The highest BCUT2D eigenvalue weighted by molar-refractivity contribution is 5.76. The van der Waals surface area contributed by atoms with Gasteiger partial charge < -0.3 is 24.1 Å². The van der Waals surface area contributed by atoms with E-state index in [1.54, 1.807) is 33.5 Å². The number of amides is 1. The summed E-state index contributed by atoms with van der Waals surface area (Å²) in [6, 6.07) is 5.32. The average Bonchev–Trinajstić information content (AvgIpc) is 3.08. The lowest BCUT2D eigenvalue weighted by Gasteiger charge is -2.11. The molecule has 2 aromatic rings. The molecule has 0 unspecified atom stereocenters. The number of nitrogens with zero attached hydrogens (tertiary/aromatic N) is 2. The molecular weight excluding hydrogens is 326 g/mol. The van der Waals surface area contributed by atoms with Gasteiger partial charge in [0.1, 0.15) is 0 Å². The molecule has 1 heterocycles. The van der Waals surface area contributed by atoms with Crippen LogP contribution in [0, 0.1) is 0 Å². The van der Waals surface area contributed by atoms with Crippen LogP contribution in [0.15, 0.2) is 22.7 Å². The molecule has 136 valence electrons. The van der Waals surface area contributed by atoms with Crippen LogP contribution in [-0.4, -0.2) is 50.0 Å². The first-order valence-electron chi connectivity index (χ1n) is 7.90. The fourth-order valence-electron chi connectivity index (χ4n) is 2.31. The fourth-order valence-corrected chi connectivity index (χ4v) is 2.31. The molecule has 0 radical (unpaired) electrons. The van der Waals surface area contributed by atoms with Crippen LogP contribution < -0.4 is 14.8 Å². The molecule has 8 heteroatoms. The zero-order valence-corrected chi connectivity index (χ0v) is 14.9. The van der Waals surface area contributed by atoms with Gasteiger partial charge in [-0.05, 0) is 25.1 Å². The maximum atomic E-state index is 11.8. The van der Waals surface area contributed by atoms with Gasteiger partial charge in [-0.1, -0.05) is 5.16 Å². The third-order valence-corrected chi connectivity index (χ3v) is 3.50. The summed E-state index contributed by atoms with van der Waals surface area (Å²) in [5.41, 5.74) is 0.741. The summed E-state index contributed by atoms with van der Waals surface area (Å²) in [6.07, 6.45) is 0.632. The van der Waals surface area contributed by atoms with E-state index in [1.807, 2.05) is 13.0 Å². The molecule has 0 aliphatic heterocycles. The largest absolute Gasteiger partial charge is 0.493 e. The Morgan fingerprint density at radius 2 is 2.00 bits per heavy atom. The molecule has 0 aliphatic carbocycles. The zero-order valence-electron chi connectivity index (χ0n) is 14.9. The lowest BCUT2D eigenvalue weighted by atomic mass is 10.2. The lowest BCUT2D eigenvalue weighted by Crippen LogP contribution is -2.35. The second-order valence-corrected chi connectivity index (χ2v) is 5.51. The Morgan fingerprint density at radius 1 is 1.24 bits per heavy atom. The topological polar surface area (TPSA) is 95.7 Å². The van der Waals surface area contributed by atoms with Crippen LogP contribution in [0.3, 0.4) is 0 Å². The predicted octanol–water partition coefficient (Wildman–Crippen LogP) is 1.84. The van der Waals surface area contributed by atoms with Crippen LogP contribution in [0.5, 0.6) is 11.5 Å². The van der Waals surface area contributed by atoms with Crippen molar-refractivity contribution in [3.05, 3.63) is 24.1 Å². The highest BCUT2D eigenvalue weighted by Gasteiger charge is 2.14. The number of benzene rings is 1. The van der Waals surface area contributed by atoms with Crippen molar-refractivity contribution in [2.24, 2.45) is 0 Å². The Balaban J connectivity index is 1.97. The van der Waals surface area contributed by atoms with Crippen molar-refractivity contribution in [3.8, 4) is 22.9 Å². The number of hydrogen-bond acceptors (Lipinski definition) is 7. The van der Waals surface area contributed by atoms with Crippen LogP contribution in [-0.2, 0) is 16.0 Å². The predicted molar refractivity (Wildman–Crippen MR) is 90.6 cm³/mol. The molecule has 0 saturated carbocycles. The Kier molecular flexibility index (Phi) is 6.76.